The topological polar surface area (TPSA) is 22.1 Å². The Balaban J connectivity index is 1.88. The molecule has 0 fully saturated rings. The number of aryl methyl sites for hydroxylation is 2. The zero-order chi connectivity index (χ0) is 14.9. The fourth-order valence-electron chi connectivity index (χ4n) is 3.12. The van der Waals surface area contributed by atoms with E-state index in [0.29, 0.717) is 0 Å². The largest absolute Gasteiger partial charge is 0.497 e. The molecule has 0 saturated heterocycles. The van der Waals surface area contributed by atoms with Crippen molar-refractivity contribution in [1.29, 1.82) is 0 Å². The van der Waals surface area contributed by atoms with Crippen LogP contribution in [0.15, 0.2) is 60.8 Å². The summed E-state index contributed by atoms with van der Waals surface area (Å²) in [6.45, 7) is 0. The van der Waals surface area contributed by atoms with Gasteiger partial charge in [0.15, 0.2) is 0 Å². The van der Waals surface area contributed by atoms with Crippen LogP contribution in [0.1, 0.15) is 11.1 Å². The summed E-state index contributed by atoms with van der Waals surface area (Å²) in [5, 5.41) is 0. The molecule has 0 unspecified atom stereocenters. The van der Waals surface area contributed by atoms with Gasteiger partial charge in [-0.1, -0.05) is 36.4 Å². The van der Waals surface area contributed by atoms with Gasteiger partial charge in [0, 0.05) is 11.8 Å². The molecular formula is C20H17NO. The Bertz CT molecular complexity index is 824. The Hall–Kier alpha value is -2.61. The van der Waals surface area contributed by atoms with Crippen LogP contribution in [0.25, 0.3) is 22.4 Å². The first-order chi connectivity index (χ1) is 10.8. The first-order valence-electron chi connectivity index (χ1n) is 7.57. The Labute approximate surface area is 130 Å². The molecule has 1 heterocycles. The summed E-state index contributed by atoms with van der Waals surface area (Å²) in [6.07, 6.45) is 4.15. The summed E-state index contributed by atoms with van der Waals surface area (Å²) in [5.74, 6) is 0.907. The number of pyridine rings is 1. The minimum absolute atomic E-state index is 0.907. The lowest BCUT2D eigenvalue weighted by atomic mass is 9.86. The van der Waals surface area contributed by atoms with E-state index in [4.69, 9.17) is 4.74 Å². The third-order valence-corrected chi connectivity index (χ3v) is 4.33. The number of hydrogen-bond donors (Lipinski definition) is 0. The average molecular weight is 287 g/mol. The van der Waals surface area contributed by atoms with Crippen molar-refractivity contribution in [1.82, 2.24) is 4.98 Å². The Morgan fingerprint density at radius 2 is 1.64 bits per heavy atom. The minimum Gasteiger partial charge on any atom is -0.497 e. The molecule has 4 rings (SSSR count). The highest BCUT2D eigenvalue weighted by Crippen LogP contribution is 2.37. The monoisotopic (exact) mass is 287 g/mol. The van der Waals surface area contributed by atoms with Crippen molar-refractivity contribution < 1.29 is 4.74 Å². The number of methoxy groups -OCH3 is 1. The predicted octanol–water partition coefficient (Wildman–Crippen LogP) is 4.52. The first kappa shape index (κ1) is 13.1. The van der Waals surface area contributed by atoms with E-state index >= 15 is 0 Å². The number of ether oxygens (including phenoxy) is 1. The second kappa shape index (κ2) is 5.30. The maximum Gasteiger partial charge on any atom is 0.119 e. The Morgan fingerprint density at radius 1 is 0.864 bits per heavy atom. The van der Waals surface area contributed by atoms with Crippen LogP contribution < -0.4 is 4.74 Å². The van der Waals surface area contributed by atoms with Gasteiger partial charge in [0.1, 0.15) is 5.75 Å². The van der Waals surface area contributed by atoms with Crippen molar-refractivity contribution in [3.63, 3.8) is 0 Å². The SMILES string of the molecule is COc1ccc2c(c1)-c1cc(-c3ccccc3)ncc1CC2. The molecule has 0 aliphatic heterocycles. The Morgan fingerprint density at radius 3 is 2.45 bits per heavy atom. The van der Waals surface area contributed by atoms with Gasteiger partial charge >= 0.3 is 0 Å². The molecule has 0 radical (unpaired) electrons. The highest BCUT2D eigenvalue weighted by atomic mass is 16.5. The first-order valence-corrected chi connectivity index (χ1v) is 7.57. The number of nitrogens with zero attached hydrogens (tertiary/aromatic N) is 1. The second-order valence-corrected chi connectivity index (χ2v) is 5.62. The van der Waals surface area contributed by atoms with Crippen LogP contribution in [0.3, 0.4) is 0 Å². The normalized spacial score (nSPS) is 12.4. The van der Waals surface area contributed by atoms with Crippen LogP contribution in [-0.2, 0) is 12.8 Å². The van der Waals surface area contributed by atoms with E-state index in [1.54, 1.807) is 7.11 Å². The molecule has 0 saturated carbocycles. The number of benzene rings is 2. The molecule has 1 aliphatic carbocycles. The van der Waals surface area contributed by atoms with Gasteiger partial charge in [0.05, 0.1) is 12.8 Å². The average Bonchev–Trinajstić information content (AvgIpc) is 2.61. The summed E-state index contributed by atoms with van der Waals surface area (Å²) in [5.41, 5.74) is 7.45. The van der Waals surface area contributed by atoms with Gasteiger partial charge in [-0.3, -0.25) is 4.98 Å². The van der Waals surface area contributed by atoms with Gasteiger partial charge in [0.2, 0.25) is 0 Å². The van der Waals surface area contributed by atoms with Crippen molar-refractivity contribution in [3.8, 4) is 28.1 Å². The smallest absolute Gasteiger partial charge is 0.119 e. The van der Waals surface area contributed by atoms with Crippen LogP contribution >= 0.6 is 0 Å². The van der Waals surface area contributed by atoms with Crippen molar-refractivity contribution in [2.45, 2.75) is 12.8 Å². The van der Waals surface area contributed by atoms with E-state index in [9.17, 15) is 0 Å². The zero-order valence-corrected chi connectivity index (χ0v) is 12.5. The molecule has 0 atom stereocenters. The molecule has 1 aromatic heterocycles. The lowest BCUT2D eigenvalue weighted by molar-refractivity contribution is 0.415. The number of rotatable bonds is 2. The fraction of sp³-hybridized carbons (Fsp3) is 0.150. The van der Waals surface area contributed by atoms with E-state index in [1.165, 1.54) is 22.3 Å². The molecule has 1 aliphatic rings. The quantitative estimate of drug-likeness (QED) is 0.691. The van der Waals surface area contributed by atoms with Crippen LogP contribution in [-0.4, -0.2) is 12.1 Å². The van der Waals surface area contributed by atoms with Crippen LogP contribution in [0.4, 0.5) is 0 Å². The van der Waals surface area contributed by atoms with Gasteiger partial charge in [-0.25, -0.2) is 0 Å². The maximum absolute atomic E-state index is 5.39. The summed E-state index contributed by atoms with van der Waals surface area (Å²) < 4.78 is 5.39. The molecular weight excluding hydrogens is 270 g/mol. The van der Waals surface area contributed by atoms with Crippen molar-refractivity contribution in [3.05, 3.63) is 71.9 Å². The lowest BCUT2D eigenvalue weighted by Crippen LogP contribution is -2.05. The van der Waals surface area contributed by atoms with Crippen molar-refractivity contribution in [2.75, 3.05) is 7.11 Å². The molecule has 2 heteroatoms. The van der Waals surface area contributed by atoms with E-state index in [1.807, 2.05) is 30.5 Å². The second-order valence-electron chi connectivity index (χ2n) is 5.62. The van der Waals surface area contributed by atoms with Gasteiger partial charge in [0.25, 0.3) is 0 Å². The van der Waals surface area contributed by atoms with E-state index in [0.717, 1.165) is 29.8 Å². The zero-order valence-electron chi connectivity index (χ0n) is 12.5. The highest BCUT2D eigenvalue weighted by Gasteiger charge is 2.18. The van der Waals surface area contributed by atoms with Crippen molar-refractivity contribution in [2.24, 2.45) is 0 Å². The molecule has 3 aromatic rings. The molecule has 22 heavy (non-hydrogen) atoms. The van der Waals surface area contributed by atoms with Gasteiger partial charge in [-0.05, 0) is 53.3 Å². The van der Waals surface area contributed by atoms with Crippen LogP contribution in [0.2, 0.25) is 0 Å². The van der Waals surface area contributed by atoms with Gasteiger partial charge in [-0.15, -0.1) is 0 Å². The number of fused-ring (bicyclic) bond motifs is 3. The molecule has 0 N–H and O–H groups in total. The van der Waals surface area contributed by atoms with E-state index in [-0.39, 0.29) is 0 Å². The summed E-state index contributed by atoms with van der Waals surface area (Å²) in [4.78, 5) is 4.65. The molecule has 2 aromatic carbocycles. The standard InChI is InChI=1S/C20H17NO/c1-22-17-10-9-14-7-8-16-13-21-20(12-19(16)18(14)11-17)15-5-3-2-4-6-15/h2-6,9-13H,7-8H2,1H3. The highest BCUT2D eigenvalue weighted by molar-refractivity contribution is 5.77. The van der Waals surface area contributed by atoms with Gasteiger partial charge < -0.3 is 4.74 Å². The van der Waals surface area contributed by atoms with E-state index < -0.39 is 0 Å². The number of aromatic nitrogens is 1. The van der Waals surface area contributed by atoms with Crippen molar-refractivity contribution >= 4 is 0 Å². The molecule has 2 nitrogen and oxygen atoms in total. The summed E-state index contributed by atoms with van der Waals surface area (Å²) in [6, 6.07) is 18.9. The third kappa shape index (κ3) is 2.17. The molecule has 0 bridgehead atoms. The van der Waals surface area contributed by atoms with E-state index in [2.05, 4.69) is 35.3 Å². The van der Waals surface area contributed by atoms with Crippen LogP contribution in [0.5, 0.6) is 5.75 Å². The maximum atomic E-state index is 5.39. The molecule has 0 amide bonds. The van der Waals surface area contributed by atoms with Gasteiger partial charge in [-0.2, -0.15) is 0 Å². The molecule has 0 spiro atoms. The minimum atomic E-state index is 0.907. The predicted molar refractivity (Wildman–Crippen MR) is 89.1 cm³/mol. The Kier molecular flexibility index (Phi) is 3.15. The molecule has 108 valence electrons. The lowest BCUT2D eigenvalue weighted by Gasteiger charge is -2.21. The summed E-state index contributed by atoms with van der Waals surface area (Å²) in [7, 11) is 1.72. The summed E-state index contributed by atoms with van der Waals surface area (Å²) >= 11 is 0. The van der Waals surface area contributed by atoms with Crippen LogP contribution in [0, 0.1) is 0 Å². The fourth-order valence-corrected chi connectivity index (χ4v) is 3.12. The number of hydrogen-bond acceptors (Lipinski definition) is 2. The third-order valence-electron chi connectivity index (χ3n) is 4.33.